The molecule has 52 heavy (non-hydrogen) atoms. The standard InChI is InChI=1S/C38H62O14/c1-17-5-10-38(48-15-17)18(2)27-24(52-38)12-22-20-6-9-37(46)13-19(11-26(41)36(37,4)21(20)7-8-35(22,27)3)49-34-32(28(42)23(40)16-47-34)51-33-31(45)30(44)29(43)25(14-39)50-33/h17-34,39-46H,5-16H2,1-4H3/t17-,18+,19+,20-,21+,22-,23+,24-,25-,26-,27-,28+,29+,30+,31-,32+,33-,34+,35+,36+,37+,38-/m0/s1. The average Bonchev–Trinajstić information content (AvgIpc) is 3.56. The van der Waals surface area contributed by atoms with Crippen molar-refractivity contribution in [1.29, 1.82) is 0 Å². The average molecular weight is 743 g/mol. The second kappa shape index (κ2) is 13.5. The molecule has 0 unspecified atom stereocenters. The predicted molar refractivity (Wildman–Crippen MR) is 180 cm³/mol. The molecule has 0 radical (unpaired) electrons. The van der Waals surface area contributed by atoms with Crippen molar-refractivity contribution in [2.45, 2.75) is 170 Å². The summed E-state index contributed by atoms with van der Waals surface area (Å²) in [5.74, 6) is 1.67. The molecule has 8 fully saturated rings. The molecule has 0 aromatic rings. The number of hydrogen-bond acceptors (Lipinski definition) is 14. The second-order valence-corrected chi connectivity index (χ2v) is 18.5. The summed E-state index contributed by atoms with van der Waals surface area (Å²) in [6.07, 6.45) is -8.20. The summed E-state index contributed by atoms with van der Waals surface area (Å²) in [6.45, 7) is 8.89. The molecule has 0 bridgehead atoms. The van der Waals surface area contributed by atoms with Gasteiger partial charge in [0.15, 0.2) is 18.4 Å². The van der Waals surface area contributed by atoms with Gasteiger partial charge in [0.05, 0.1) is 43.7 Å². The number of rotatable bonds is 5. The van der Waals surface area contributed by atoms with Crippen LogP contribution in [0.3, 0.4) is 0 Å². The fourth-order valence-corrected chi connectivity index (χ4v) is 13.0. The lowest BCUT2D eigenvalue weighted by Crippen LogP contribution is -2.68. The van der Waals surface area contributed by atoms with Gasteiger partial charge in [-0.05, 0) is 73.5 Å². The van der Waals surface area contributed by atoms with Gasteiger partial charge in [-0.3, -0.25) is 0 Å². The molecule has 8 N–H and O–H groups in total. The Kier molecular flexibility index (Phi) is 9.97. The molecule has 0 amide bonds. The first-order chi connectivity index (χ1) is 24.6. The molecule has 14 heteroatoms. The van der Waals surface area contributed by atoms with Gasteiger partial charge in [-0.15, -0.1) is 0 Å². The lowest BCUT2D eigenvalue weighted by atomic mass is 9.42. The zero-order valence-corrected chi connectivity index (χ0v) is 30.9. The Hall–Kier alpha value is -0.560. The quantitative estimate of drug-likeness (QED) is 0.176. The van der Waals surface area contributed by atoms with Crippen molar-refractivity contribution in [2.75, 3.05) is 19.8 Å². The minimum Gasteiger partial charge on any atom is -0.394 e. The molecule has 4 heterocycles. The van der Waals surface area contributed by atoms with Gasteiger partial charge < -0.3 is 69.3 Å². The van der Waals surface area contributed by atoms with Gasteiger partial charge in [-0.25, -0.2) is 0 Å². The van der Waals surface area contributed by atoms with Crippen LogP contribution in [0.5, 0.6) is 0 Å². The Balaban J connectivity index is 0.967. The third kappa shape index (κ3) is 5.64. The Labute approximate surface area is 305 Å². The van der Waals surface area contributed by atoms with Crippen LogP contribution in [0.4, 0.5) is 0 Å². The van der Waals surface area contributed by atoms with Crippen molar-refractivity contribution < 1.29 is 69.3 Å². The molecule has 22 atom stereocenters. The van der Waals surface area contributed by atoms with E-state index in [-0.39, 0.29) is 36.9 Å². The normalized spacial score (nSPS) is 60.5. The van der Waals surface area contributed by atoms with Crippen LogP contribution in [0.25, 0.3) is 0 Å². The number of fused-ring (bicyclic) bond motifs is 7. The van der Waals surface area contributed by atoms with E-state index in [1.807, 2.05) is 0 Å². The fraction of sp³-hybridized carbons (Fsp3) is 1.00. The minimum absolute atomic E-state index is 0.0952. The van der Waals surface area contributed by atoms with Gasteiger partial charge in [-0.2, -0.15) is 0 Å². The summed E-state index contributed by atoms with van der Waals surface area (Å²) in [5, 5.41) is 86.7. The maximum absolute atomic E-state index is 12.6. The van der Waals surface area contributed by atoms with E-state index in [1.54, 1.807) is 0 Å². The molecular weight excluding hydrogens is 680 g/mol. The topological polar surface area (TPSA) is 217 Å². The zero-order valence-electron chi connectivity index (χ0n) is 30.9. The lowest BCUT2D eigenvalue weighted by molar-refractivity contribution is -0.366. The third-order valence-electron chi connectivity index (χ3n) is 16.0. The summed E-state index contributed by atoms with van der Waals surface area (Å²) in [4.78, 5) is 0. The van der Waals surface area contributed by atoms with E-state index in [2.05, 4.69) is 27.7 Å². The largest absolute Gasteiger partial charge is 0.394 e. The molecule has 1 spiro atoms. The highest BCUT2D eigenvalue weighted by atomic mass is 16.8. The van der Waals surface area contributed by atoms with Crippen molar-refractivity contribution in [3.8, 4) is 0 Å². The van der Waals surface area contributed by atoms with Crippen LogP contribution in [0.1, 0.15) is 85.5 Å². The Morgan fingerprint density at radius 2 is 1.56 bits per heavy atom. The second-order valence-electron chi connectivity index (χ2n) is 18.5. The maximum atomic E-state index is 12.6. The van der Waals surface area contributed by atoms with Crippen LogP contribution in [-0.4, -0.2) is 146 Å². The Bertz CT molecular complexity index is 1300. The number of ether oxygens (including phenoxy) is 6. The molecule has 4 aliphatic carbocycles. The van der Waals surface area contributed by atoms with Gasteiger partial charge in [0.1, 0.15) is 42.7 Å². The fourth-order valence-electron chi connectivity index (χ4n) is 13.0. The molecule has 8 rings (SSSR count). The summed E-state index contributed by atoms with van der Waals surface area (Å²) < 4.78 is 36.9. The highest BCUT2D eigenvalue weighted by Crippen LogP contribution is 2.72. The molecule has 4 aliphatic heterocycles. The summed E-state index contributed by atoms with van der Waals surface area (Å²) in [5.41, 5.74) is -1.92. The Morgan fingerprint density at radius 1 is 0.788 bits per heavy atom. The van der Waals surface area contributed by atoms with Crippen molar-refractivity contribution in [3.05, 3.63) is 0 Å². The van der Waals surface area contributed by atoms with Gasteiger partial charge in [0.2, 0.25) is 0 Å². The Morgan fingerprint density at radius 3 is 2.27 bits per heavy atom. The van der Waals surface area contributed by atoms with E-state index in [0.717, 1.165) is 45.1 Å². The minimum atomic E-state index is -1.74. The highest BCUT2D eigenvalue weighted by molar-refractivity contribution is 5.19. The molecule has 8 aliphatic rings. The van der Waals surface area contributed by atoms with Crippen LogP contribution < -0.4 is 0 Å². The number of hydrogen-bond donors (Lipinski definition) is 8. The van der Waals surface area contributed by atoms with Gasteiger partial charge in [-0.1, -0.05) is 27.7 Å². The SMILES string of the molecule is C[C@H]1CC[C@]2(OC1)O[C@H]1C[C@H]3[C@H]4CC[C@@]5(O)C[C@H](O[C@H]6OC[C@@H](O)[C@@H](O)[C@H]6O[C@@H]6O[C@@H](CO)[C@@H](O)[C@@H](O)[C@@H]6O)C[C@H](O)[C@@]5(C)[C@@H]4CC[C@@]3(C)[C@H]1[C@H]2C. The third-order valence-corrected chi connectivity index (χ3v) is 16.0. The summed E-state index contributed by atoms with van der Waals surface area (Å²) in [6, 6.07) is 0. The zero-order chi connectivity index (χ0) is 37.1. The van der Waals surface area contributed by atoms with E-state index in [0.29, 0.717) is 36.0 Å². The van der Waals surface area contributed by atoms with E-state index < -0.39 is 90.9 Å². The molecule has 0 aromatic carbocycles. The van der Waals surface area contributed by atoms with Crippen molar-refractivity contribution in [3.63, 3.8) is 0 Å². The molecule has 0 aromatic heterocycles. The van der Waals surface area contributed by atoms with Crippen LogP contribution in [0, 0.1) is 46.3 Å². The summed E-state index contributed by atoms with van der Waals surface area (Å²) >= 11 is 0. The highest BCUT2D eigenvalue weighted by Gasteiger charge is 2.72. The van der Waals surface area contributed by atoms with Crippen LogP contribution in [0.15, 0.2) is 0 Å². The first kappa shape index (κ1) is 38.3. The molecule has 4 saturated heterocycles. The van der Waals surface area contributed by atoms with E-state index in [9.17, 15) is 40.9 Å². The number of aliphatic hydroxyl groups is 8. The maximum Gasteiger partial charge on any atom is 0.187 e. The van der Waals surface area contributed by atoms with Crippen LogP contribution in [0.2, 0.25) is 0 Å². The van der Waals surface area contributed by atoms with Gasteiger partial charge in [0.25, 0.3) is 0 Å². The lowest BCUT2D eigenvalue weighted by Gasteiger charge is -2.65. The van der Waals surface area contributed by atoms with E-state index in [1.165, 1.54) is 0 Å². The monoisotopic (exact) mass is 742 g/mol. The molecule has 298 valence electrons. The van der Waals surface area contributed by atoms with Crippen molar-refractivity contribution in [2.24, 2.45) is 46.3 Å². The van der Waals surface area contributed by atoms with E-state index >= 15 is 0 Å². The van der Waals surface area contributed by atoms with Crippen molar-refractivity contribution >= 4 is 0 Å². The smallest absolute Gasteiger partial charge is 0.187 e. The van der Waals surface area contributed by atoms with Crippen LogP contribution in [-0.2, 0) is 28.4 Å². The van der Waals surface area contributed by atoms with E-state index in [4.69, 9.17) is 28.4 Å². The van der Waals surface area contributed by atoms with Gasteiger partial charge in [0, 0.05) is 30.6 Å². The summed E-state index contributed by atoms with van der Waals surface area (Å²) in [7, 11) is 0. The molecular formula is C38H62O14. The predicted octanol–water partition coefficient (Wildman–Crippen LogP) is 0.167. The van der Waals surface area contributed by atoms with Crippen molar-refractivity contribution in [1.82, 2.24) is 0 Å². The van der Waals surface area contributed by atoms with Gasteiger partial charge >= 0.3 is 0 Å². The van der Waals surface area contributed by atoms with Crippen LogP contribution >= 0.6 is 0 Å². The molecule has 4 saturated carbocycles. The first-order valence-electron chi connectivity index (χ1n) is 19.9. The molecule has 14 nitrogen and oxygen atoms in total. The number of aliphatic hydroxyl groups excluding tert-OH is 7. The first-order valence-corrected chi connectivity index (χ1v) is 19.9.